The average Bonchev–Trinajstić information content (AvgIpc) is 2.32. The minimum absolute atomic E-state index is 0.105. The lowest BCUT2D eigenvalue weighted by Crippen LogP contribution is -2.33. The zero-order valence-electron chi connectivity index (χ0n) is 11.3. The Morgan fingerprint density at radius 1 is 1.11 bits per heavy atom. The quantitative estimate of drug-likeness (QED) is 0.815. The standard InChI is InChI=1S/C14H18F3NO/c1-8(2)4-5-9(3)18-14(19)10-6-11(15)13(17)12(16)7-10/h6-9H,4-5H2,1-3H3,(H,18,19). The maximum atomic E-state index is 13.0. The van der Waals surface area contributed by atoms with Crippen molar-refractivity contribution in [2.24, 2.45) is 5.92 Å². The fourth-order valence-electron chi connectivity index (χ4n) is 1.65. The lowest BCUT2D eigenvalue weighted by atomic mass is 10.0. The summed E-state index contributed by atoms with van der Waals surface area (Å²) in [5.41, 5.74) is -0.215. The van der Waals surface area contributed by atoms with Crippen molar-refractivity contribution in [3.8, 4) is 0 Å². The zero-order chi connectivity index (χ0) is 14.6. The molecule has 0 saturated heterocycles. The normalized spacial score (nSPS) is 12.6. The zero-order valence-corrected chi connectivity index (χ0v) is 11.3. The SMILES string of the molecule is CC(C)CCC(C)NC(=O)c1cc(F)c(F)c(F)c1. The number of carbonyl (C=O) groups excluding carboxylic acids is 1. The molecular formula is C14H18F3NO. The summed E-state index contributed by atoms with van der Waals surface area (Å²) < 4.78 is 38.8. The maximum absolute atomic E-state index is 13.0. The predicted molar refractivity (Wildman–Crippen MR) is 67.3 cm³/mol. The monoisotopic (exact) mass is 273 g/mol. The van der Waals surface area contributed by atoms with Crippen LogP contribution >= 0.6 is 0 Å². The van der Waals surface area contributed by atoms with Gasteiger partial charge in [-0.1, -0.05) is 13.8 Å². The van der Waals surface area contributed by atoms with Gasteiger partial charge in [-0.2, -0.15) is 0 Å². The molecule has 1 unspecified atom stereocenters. The Morgan fingerprint density at radius 2 is 1.63 bits per heavy atom. The van der Waals surface area contributed by atoms with E-state index in [4.69, 9.17) is 0 Å². The van der Waals surface area contributed by atoms with Crippen LogP contribution in [0.3, 0.4) is 0 Å². The largest absolute Gasteiger partial charge is 0.350 e. The van der Waals surface area contributed by atoms with E-state index < -0.39 is 23.4 Å². The van der Waals surface area contributed by atoms with Gasteiger partial charge < -0.3 is 5.32 Å². The fourth-order valence-corrected chi connectivity index (χ4v) is 1.65. The molecule has 1 N–H and O–H groups in total. The first kappa shape index (κ1) is 15.5. The summed E-state index contributed by atoms with van der Waals surface area (Å²) >= 11 is 0. The van der Waals surface area contributed by atoms with Crippen LogP contribution in [0.1, 0.15) is 44.0 Å². The van der Waals surface area contributed by atoms with Crippen LogP contribution in [0.15, 0.2) is 12.1 Å². The predicted octanol–water partition coefficient (Wildman–Crippen LogP) is 3.66. The minimum Gasteiger partial charge on any atom is -0.350 e. The minimum atomic E-state index is -1.57. The van der Waals surface area contributed by atoms with Crippen molar-refractivity contribution < 1.29 is 18.0 Å². The highest BCUT2D eigenvalue weighted by atomic mass is 19.2. The fraction of sp³-hybridized carbons (Fsp3) is 0.500. The Labute approximate surface area is 111 Å². The molecule has 0 fully saturated rings. The van der Waals surface area contributed by atoms with Crippen molar-refractivity contribution in [1.82, 2.24) is 5.32 Å². The van der Waals surface area contributed by atoms with Crippen molar-refractivity contribution in [2.45, 2.75) is 39.7 Å². The number of carbonyl (C=O) groups is 1. The summed E-state index contributed by atoms with van der Waals surface area (Å²) in [5.74, 6) is -4.38. The third-order valence-corrected chi connectivity index (χ3v) is 2.80. The molecule has 0 aliphatic heterocycles. The van der Waals surface area contributed by atoms with Gasteiger partial charge in [0.05, 0.1) is 0 Å². The first-order chi connectivity index (χ1) is 8.81. The van der Waals surface area contributed by atoms with E-state index in [1.54, 1.807) is 0 Å². The van der Waals surface area contributed by atoms with E-state index in [1.165, 1.54) is 0 Å². The Bertz CT molecular complexity index is 437. The number of hydrogen-bond donors (Lipinski definition) is 1. The maximum Gasteiger partial charge on any atom is 0.251 e. The van der Waals surface area contributed by atoms with Gasteiger partial charge in [0, 0.05) is 11.6 Å². The number of benzene rings is 1. The van der Waals surface area contributed by atoms with E-state index in [1.807, 2.05) is 6.92 Å². The number of rotatable bonds is 5. The number of nitrogens with one attached hydrogen (secondary N) is 1. The molecule has 0 bridgehead atoms. The van der Waals surface area contributed by atoms with Crippen molar-refractivity contribution >= 4 is 5.91 Å². The van der Waals surface area contributed by atoms with Gasteiger partial charge in [0.2, 0.25) is 0 Å². The topological polar surface area (TPSA) is 29.1 Å². The number of halogens is 3. The number of hydrogen-bond acceptors (Lipinski definition) is 1. The second kappa shape index (κ2) is 6.59. The van der Waals surface area contributed by atoms with Crippen LogP contribution in [0, 0.1) is 23.4 Å². The van der Waals surface area contributed by atoms with E-state index >= 15 is 0 Å². The van der Waals surface area contributed by atoms with Crippen LogP contribution in [0.4, 0.5) is 13.2 Å². The van der Waals surface area contributed by atoms with Crippen molar-refractivity contribution in [2.75, 3.05) is 0 Å². The molecule has 1 aromatic carbocycles. The molecular weight excluding hydrogens is 255 g/mol. The Morgan fingerprint density at radius 3 is 2.11 bits per heavy atom. The molecule has 19 heavy (non-hydrogen) atoms. The average molecular weight is 273 g/mol. The second-order valence-electron chi connectivity index (χ2n) is 5.10. The van der Waals surface area contributed by atoms with Crippen LogP contribution in [0.2, 0.25) is 0 Å². The molecule has 0 aliphatic rings. The summed E-state index contributed by atoms with van der Waals surface area (Å²) in [5, 5.41) is 2.63. The Balaban J connectivity index is 2.68. The van der Waals surface area contributed by atoms with E-state index in [-0.39, 0.29) is 11.6 Å². The molecule has 0 radical (unpaired) electrons. The van der Waals surface area contributed by atoms with E-state index in [0.717, 1.165) is 12.8 Å². The summed E-state index contributed by atoms with van der Waals surface area (Å²) in [7, 11) is 0. The molecule has 0 spiro atoms. The van der Waals surface area contributed by atoms with Gasteiger partial charge in [-0.05, 0) is 37.8 Å². The molecule has 1 rings (SSSR count). The van der Waals surface area contributed by atoms with E-state index in [9.17, 15) is 18.0 Å². The Hall–Kier alpha value is -1.52. The third kappa shape index (κ3) is 4.58. The third-order valence-electron chi connectivity index (χ3n) is 2.80. The molecule has 0 saturated carbocycles. The lowest BCUT2D eigenvalue weighted by molar-refractivity contribution is 0.0936. The van der Waals surface area contributed by atoms with Crippen LogP contribution in [-0.4, -0.2) is 11.9 Å². The smallest absolute Gasteiger partial charge is 0.251 e. The van der Waals surface area contributed by atoms with Crippen LogP contribution in [0.5, 0.6) is 0 Å². The van der Waals surface area contributed by atoms with Crippen molar-refractivity contribution in [3.05, 3.63) is 35.1 Å². The van der Waals surface area contributed by atoms with E-state index in [2.05, 4.69) is 19.2 Å². The molecule has 2 nitrogen and oxygen atoms in total. The van der Waals surface area contributed by atoms with Gasteiger partial charge in [0.1, 0.15) is 0 Å². The lowest BCUT2D eigenvalue weighted by Gasteiger charge is -2.15. The molecule has 0 aliphatic carbocycles. The van der Waals surface area contributed by atoms with Gasteiger partial charge in [0.25, 0.3) is 5.91 Å². The van der Waals surface area contributed by atoms with Crippen molar-refractivity contribution in [3.63, 3.8) is 0 Å². The number of amides is 1. The van der Waals surface area contributed by atoms with Crippen LogP contribution in [-0.2, 0) is 0 Å². The molecule has 0 heterocycles. The summed E-state index contributed by atoms with van der Waals surface area (Å²) in [6.45, 7) is 5.95. The molecule has 106 valence electrons. The molecule has 5 heteroatoms. The highest BCUT2D eigenvalue weighted by Crippen LogP contribution is 2.14. The van der Waals surface area contributed by atoms with E-state index in [0.29, 0.717) is 18.1 Å². The molecule has 1 atom stereocenters. The van der Waals surface area contributed by atoms with Gasteiger partial charge in [-0.25, -0.2) is 13.2 Å². The summed E-state index contributed by atoms with van der Waals surface area (Å²) in [6, 6.07) is 1.29. The Kier molecular flexibility index (Phi) is 5.39. The first-order valence-corrected chi connectivity index (χ1v) is 6.26. The van der Waals surface area contributed by atoms with Crippen LogP contribution < -0.4 is 5.32 Å². The van der Waals surface area contributed by atoms with Crippen LogP contribution in [0.25, 0.3) is 0 Å². The summed E-state index contributed by atoms with van der Waals surface area (Å²) in [4.78, 5) is 11.7. The highest BCUT2D eigenvalue weighted by molar-refractivity contribution is 5.94. The molecule has 1 aromatic rings. The first-order valence-electron chi connectivity index (χ1n) is 6.26. The van der Waals surface area contributed by atoms with Gasteiger partial charge >= 0.3 is 0 Å². The molecule has 1 amide bonds. The highest BCUT2D eigenvalue weighted by Gasteiger charge is 2.16. The molecule has 0 aromatic heterocycles. The van der Waals surface area contributed by atoms with Gasteiger partial charge in [-0.3, -0.25) is 4.79 Å². The second-order valence-corrected chi connectivity index (χ2v) is 5.10. The van der Waals surface area contributed by atoms with Gasteiger partial charge in [0.15, 0.2) is 17.5 Å². The summed E-state index contributed by atoms with van der Waals surface area (Å²) in [6.07, 6.45) is 1.71. The van der Waals surface area contributed by atoms with Gasteiger partial charge in [-0.15, -0.1) is 0 Å². The van der Waals surface area contributed by atoms with Crippen molar-refractivity contribution in [1.29, 1.82) is 0 Å².